The van der Waals surface area contributed by atoms with Gasteiger partial charge in [0.2, 0.25) is 5.88 Å². The van der Waals surface area contributed by atoms with Crippen LogP contribution >= 0.6 is 0 Å². The Morgan fingerprint density at radius 2 is 1.85 bits per heavy atom. The van der Waals surface area contributed by atoms with Gasteiger partial charge in [0.05, 0.1) is 24.3 Å². The van der Waals surface area contributed by atoms with Crippen LogP contribution in [0.2, 0.25) is 0 Å². The van der Waals surface area contributed by atoms with Gasteiger partial charge in [-0.15, -0.1) is 0 Å². The number of carbonyl (C=O) groups excluding carboxylic acids is 1. The molecule has 1 aliphatic rings. The molecule has 4 aromatic rings. The van der Waals surface area contributed by atoms with Gasteiger partial charge in [0.1, 0.15) is 17.4 Å². The first-order valence-electron chi connectivity index (χ1n) is 11.0. The third-order valence-corrected chi connectivity index (χ3v) is 5.55. The first-order chi connectivity index (χ1) is 16.7. The molecule has 1 saturated heterocycles. The van der Waals surface area contributed by atoms with Gasteiger partial charge in [-0.25, -0.2) is 14.4 Å². The molecule has 1 amide bonds. The summed E-state index contributed by atoms with van der Waals surface area (Å²) in [4.78, 5) is 24.0. The molecule has 0 atom stereocenters. The van der Waals surface area contributed by atoms with Gasteiger partial charge in [-0.2, -0.15) is 0 Å². The van der Waals surface area contributed by atoms with Crippen molar-refractivity contribution in [3.05, 3.63) is 89.9 Å². The topological polar surface area (TPSA) is 76.6 Å². The zero-order valence-corrected chi connectivity index (χ0v) is 18.4. The lowest BCUT2D eigenvalue weighted by molar-refractivity contribution is 0.0304. The van der Waals surface area contributed by atoms with E-state index in [-0.39, 0.29) is 11.7 Å². The highest BCUT2D eigenvalue weighted by atomic mass is 19.1. The minimum Gasteiger partial charge on any atom is -0.439 e. The van der Waals surface area contributed by atoms with Crippen LogP contribution in [0, 0.1) is 5.82 Å². The molecule has 8 heteroatoms. The SMILES string of the molecule is O=C(c1cc(NCc2ccnc(Oc3ccc(F)cc3)c2)nc2ccccc12)N1CCOCC1. The van der Waals surface area contributed by atoms with Crippen LogP contribution in [-0.2, 0) is 11.3 Å². The maximum atomic E-state index is 13.2. The Morgan fingerprint density at radius 1 is 1.06 bits per heavy atom. The largest absolute Gasteiger partial charge is 0.439 e. The average molecular weight is 458 g/mol. The van der Waals surface area contributed by atoms with E-state index in [0.717, 1.165) is 16.5 Å². The number of ether oxygens (including phenoxy) is 2. The summed E-state index contributed by atoms with van der Waals surface area (Å²) in [7, 11) is 0. The number of nitrogens with zero attached hydrogens (tertiary/aromatic N) is 3. The summed E-state index contributed by atoms with van der Waals surface area (Å²) in [6.45, 7) is 2.70. The Balaban J connectivity index is 1.35. The molecule has 7 nitrogen and oxygen atoms in total. The minimum absolute atomic E-state index is 0.0242. The molecule has 1 fully saturated rings. The molecule has 5 rings (SSSR count). The molecule has 0 spiro atoms. The van der Waals surface area contributed by atoms with E-state index in [1.807, 2.05) is 35.2 Å². The van der Waals surface area contributed by atoms with E-state index in [1.165, 1.54) is 12.1 Å². The number of hydrogen-bond acceptors (Lipinski definition) is 6. The predicted octanol–water partition coefficient (Wildman–Crippen LogP) is 4.65. The van der Waals surface area contributed by atoms with Crippen LogP contribution in [0.15, 0.2) is 72.9 Å². The number of hydrogen-bond donors (Lipinski definition) is 1. The van der Waals surface area contributed by atoms with Crippen LogP contribution in [0.4, 0.5) is 10.2 Å². The predicted molar refractivity (Wildman–Crippen MR) is 127 cm³/mol. The Labute approximate surface area is 196 Å². The first kappa shape index (κ1) is 21.8. The number of anilines is 1. The van der Waals surface area contributed by atoms with Crippen LogP contribution in [0.25, 0.3) is 10.9 Å². The number of halogens is 1. The normalized spacial score (nSPS) is 13.6. The Morgan fingerprint density at radius 3 is 2.68 bits per heavy atom. The van der Waals surface area contributed by atoms with E-state index < -0.39 is 0 Å². The third kappa shape index (κ3) is 4.97. The number of nitrogens with one attached hydrogen (secondary N) is 1. The quantitative estimate of drug-likeness (QED) is 0.454. The molecule has 2 aromatic carbocycles. The zero-order valence-electron chi connectivity index (χ0n) is 18.4. The highest BCUT2D eigenvalue weighted by Crippen LogP contribution is 2.24. The van der Waals surface area contributed by atoms with E-state index in [9.17, 15) is 9.18 Å². The number of benzene rings is 2. The smallest absolute Gasteiger partial charge is 0.254 e. The summed E-state index contributed by atoms with van der Waals surface area (Å²) in [5.41, 5.74) is 2.28. The molecule has 3 heterocycles. The molecular weight excluding hydrogens is 435 g/mol. The summed E-state index contributed by atoms with van der Waals surface area (Å²) in [5.74, 6) is 1.16. The number of amides is 1. The second-order valence-electron chi connectivity index (χ2n) is 7.89. The van der Waals surface area contributed by atoms with Gasteiger partial charge in [-0.3, -0.25) is 4.79 Å². The molecule has 1 aliphatic heterocycles. The lowest BCUT2D eigenvalue weighted by atomic mass is 10.1. The fraction of sp³-hybridized carbons (Fsp3) is 0.192. The van der Waals surface area contributed by atoms with Gasteiger partial charge in [0.25, 0.3) is 5.91 Å². The highest BCUT2D eigenvalue weighted by Gasteiger charge is 2.21. The van der Waals surface area contributed by atoms with E-state index in [2.05, 4.69) is 15.3 Å². The zero-order chi connectivity index (χ0) is 23.3. The number of morpholine rings is 1. The molecule has 1 N–H and O–H groups in total. The van der Waals surface area contributed by atoms with Gasteiger partial charge < -0.3 is 19.7 Å². The summed E-state index contributed by atoms with van der Waals surface area (Å²) in [6.07, 6.45) is 1.65. The van der Waals surface area contributed by atoms with Gasteiger partial charge in [-0.1, -0.05) is 18.2 Å². The second kappa shape index (κ2) is 9.84. The van der Waals surface area contributed by atoms with E-state index >= 15 is 0 Å². The van der Waals surface area contributed by atoms with Crippen molar-refractivity contribution in [1.29, 1.82) is 0 Å². The Hall–Kier alpha value is -4.04. The van der Waals surface area contributed by atoms with Crippen molar-refractivity contribution < 1.29 is 18.7 Å². The van der Waals surface area contributed by atoms with E-state index in [0.29, 0.717) is 55.9 Å². The molecular formula is C26H23FN4O3. The molecule has 172 valence electrons. The van der Waals surface area contributed by atoms with Crippen LogP contribution in [-0.4, -0.2) is 47.1 Å². The summed E-state index contributed by atoms with van der Waals surface area (Å²) >= 11 is 0. The van der Waals surface area contributed by atoms with Gasteiger partial charge in [0.15, 0.2) is 0 Å². The minimum atomic E-state index is -0.326. The maximum Gasteiger partial charge on any atom is 0.254 e. The molecule has 0 bridgehead atoms. The molecule has 34 heavy (non-hydrogen) atoms. The Kier molecular flexibility index (Phi) is 6.31. The van der Waals surface area contributed by atoms with Gasteiger partial charge in [0, 0.05) is 37.3 Å². The van der Waals surface area contributed by atoms with Crippen LogP contribution in [0.3, 0.4) is 0 Å². The molecule has 0 unspecified atom stereocenters. The molecule has 2 aromatic heterocycles. The highest BCUT2D eigenvalue weighted by molar-refractivity contribution is 6.07. The summed E-state index contributed by atoms with van der Waals surface area (Å²) in [5, 5.41) is 4.13. The number of rotatable bonds is 6. The van der Waals surface area contributed by atoms with Crippen LogP contribution in [0.1, 0.15) is 15.9 Å². The average Bonchev–Trinajstić information content (AvgIpc) is 2.89. The number of carbonyl (C=O) groups is 1. The maximum absolute atomic E-state index is 13.2. The molecule has 0 saturated carbocycles. The van der Waals surface area contributed by atoms with Crippen molar-refractivity contribution in [3.8, 4) is 11.6 Å². The monoisotopic (exact) mass is 458 g/mol. The summed E-state index contributed by atoms with van der Waals surface area (Å²) in [6, 6.07) is 18.9. The van der Waals surface area contributed by atoms with Crippen molar-refractivity contribution in [2.75, 3.05) is 31.6 Å². The number of aromatic nitrogens is 2. The molecule has 0 aliphatic carbocycles. The van der Waals surface area contributed by atoms with Crippen molar-refractivity contribution in [3.63, 3.8) is 0 Å². The number of fused-ring (bicyclic) bond motifs is 1. The van der Waals surface area contributed by atoms with Gasteiger partial charge >= 0.3 is 0 Å². The fourth-order valence-electron chi connectivity index (χ4n) is 3.81. The number of pyridine rings is 2. The van der Waals surface area contributed by atoms with Crippen LogP contribution in [0.5, 0.6) is 11.6 Å². The van der Waals surface area contributed by atoms with E-state index in [1.54, 1.807) is 30.5 Å². The van der Waals surface area contributed by atoms with Crippen molar-refractivity contribution in [2.45, 2.75) is 6.54 Å². The number of para-hydroxylation sites is 1. The van der Waals surface area contributed by atoms with Crippen LogP contribution < -0.4 is 10.1 Å². The third-order valence-electron chi connectivity index (χ3n) is 5.55. The lowest BCUT2D eigenvalue weighted by Gasteiger charge is -2.27. The molecule has 0 radical (unpaired) electrons. The summed E-state index contributed by atoms with van der Waals surface area (Å²) < 4.78 is 24.2. The Bertz CT molecular complexity index is 1310. The second-order valence-corrected chi connectivity index (χ2v) is 7.89. The van der Waals surface area contributed by atoms with E-state index in [4.69, 9.17) is 9.47 Å². The lowest BCUT2D eigenvalue weighted by Crippen LogP contribution is -2.40. The fourth-order valence-corrected chi connectivity index (χ4v) is 3.81. The first-order valence-corrected chi connectivity index (χ1v) is 11.0. The van der Waals surface area contributed by atoms with Crippen molar-refractivity contribution in [1.82, 2.24) is 14.9 Å². The van der Waals surface area contributed by atoms with Crippen molar-refractivity contribution in [2.24, 2.45) is 0 Å². The standard InChI is InChI=1S/C26H23FN4O3/c27-19-5-7-20(8-6-19)34-25-15-18(9-10-28-25)17-29-24-16-22(21-3-1-2-4-23(21)30-24)26(32)31-11-13-33-14-12-31/h1-10,15-16H,11-14,17H2,(H,29,30). The van der Waals surface area contributed by atoms with Gasteiger partial charge in [-0.05, 0) is 48.0 Å². The van der Waals surface area contributed by atoms with Crippen molar-refractivity contribution >= 4 is 22.6 Å².